The second-order valence-corrected chi connectivity index (χ2v) is 4.45. The van der Waals surface area contributed by atoms with Gasteiger partial charge in [-0.3, -0.25) is 4.98 Å². The molecule has 0 fully saturated rings. The molecule has 1 N–H and O–H groups in total. The molecule has 0 saturated carbocycles. The summed E-state index contributed by atoms with van der Waals surface area (Å²) >= 11 is 5.09. The minimum absolute atomic E-state index is 0.213. The molecule has 2 aromatic heterocycles. The molecule has 21 heavy (non-hydrogen) atoms. The monoisotopic (exact) mass is 303 g/mol. The molecule has 3 rings (SSSR count). The molecule has 3 aromatic rings. The Morgan fingerprint density at radius 2 is 2.05 bits per heavy atom. The molecule has 0 aliphatic rings. The summed E-state index contributed by atoms with van der Waals surface area (Å²) < 4.78 is 19.7. The maximum absolute atomic E-state index is 12.8. The zero-order valence-corrected chi connectivity index (χ0v) is 11.5. The summed E-state index contributed by atoms with van der Waals surface area (Å²) in [6.45, 7) is 0.300. The fraction of sp³-hybridized carbons (Fsp3) is 0.0769. The van der Waals surface area contributed by atoms with Crippen LogP contribution in [0.15, 0.2) is 47.3 Å². The Morgan fingerprint density at radius 1 is 1.24 bits per heavy atom. The summed E-state index contributed by atoms with van der Waals surface area (Å²) in [6.07, 6.45) is 4.65. The third-order valence-corrected chi connectivity index (χ3v) is 2.96. The van der Waals surface area contributed by atoms with Crippen molar-refractivity contribution in [1.82, 2.24) is 19.7 Å². The maximum atomic E-state index is 12.8. The highest BCUT2D eigenvalue weighted by Crippen LogP contribution is 2.14. The molecule has 0 aliphatic carbocycles. The van der Waals surface area contributed by atoms with Crippen LogP contribution in [0.1, 0.15) is 0 Å². The molecule has 1 aromatic carbocycles. The molecule has 0 amide bonds. The highest BCUT2D eigenvalue weighted by Gasteiger charge is 2.09. The van der Waals surface area contributed by atoms with Crippen molar-refractivity contribution in [2.24, 2.45) is 0 Å². The molecule has 6 nitrogen and oxygen atoms in total. The average molecular weight is 303 g/mol. The SMILES string of the molecule is Fc1ccc(NCn2nc(-c3cnccn3)oc2=S)cc1. The molecular formula is C13H10FN5OS. The van der Waals surface area contributed by atoms with Crippen LogP contribution in [0.3, 0.4) is 0 Å². The van der Waals surface area contributed by atoms with Crippen molar-refractivity contribution < 1.29 is 8.81 Å². The van der Waals surface area contributed by atoms with Gasteiger partial charge in [0.25, 0.3) is 10.7 Å². The van der Waals surface area contributed by atoms with E-state index in [9.17, 15) is 4.39 Å². The third-order valence-electron chi connectivity index (χ3n) is 2.67. The van der Waals surface area contributed by atoms with Crippen molar-refractivity contribution in [2.45, 2.75) is 6.67 Å². The van der Waals surface area contributed by atoms with Crippen LogP contribution in [0.25, 0.3) is 11.6 Å². The average Bonchev–Trinajstić information content (AvgIpc) is 2.89. The molecule has 0 atom stereocenters. The van der Waals surface area contributed by atoms with Crippen molar-refractivity contribution in [3.8, 4) is 11.6 Å². The van der Waals surface area contributed by atoms with E-state index in [1.54, 1.807) is 30.7 Å². The smallest absolute Gasteiger partial charge is 0.289 e. The van der Waals surface area contributed by atoms with Crippen molar-refractivity contribution in [3.05, 3.63) is 53.5 Å². The maximum Gasteiger partial charge on any atom is 0.289 e. The van der Waals surface area contributed by atoms with Crippen LogP contribution in [-0.2, 0) is 6.67 Å². The van der Waals surface area contributed by atoms with Crippen LogP contribution in [0.4, 0.5) is 10.1 Å². The van der Waals surface area contributed by atoms with E-state index in [4.69, 9.17) is 16.6 Å². The largest absolute Gasteiger partial charge is 0.407 e. The Kier molecular flexibility index (Phi) is 3.69. The van der Waals surface area contributed by atoms with Gasteiger partial charge in [0.15, 0.2) is 0 Å². The van der Waals surface area contributed by atoms with E-state index >= 15 is 0 Å². The summed E-state index contributed by atoms with van der Waals surface area (Å²) in [5, 5.41) is 7.28. The predicted molar refractivity (Wildman–Crippen MR) is 76.4 cm³/mol. The molecular weight excluding hydrogens is 293 g/mol. The van der Waals surface area contributed by atoms with Crippen molar-refractivity contribution >= 4 is 17.9 Å². The van der Waals surface area contributed by atoms with Gasteiger partial charge in [0.1, 0.15) is 18.2 Å². The molecule has 0 saturated heterocycles. The van der Waals surface area contributed by atoms with Crippen molar-refractivity contribution in [1.29, 1.82) is 0 Å². The fourth-order valence-electron chi connectivity index (χ4n) is 1.65. The van der Waals surface area contributed by atoms with Gasteiger partial charge < -0.3 is 9.73 Å². The molecule has 0 radical (unpaired) electrons. The number of anilines is 1. The third kappa shape index (κ3) is 3.11. The number of nitrogens with zero attached hydrogens (tertiary/aromatic N) is 4. The van der Waals surface area contributed by atoms with Gasteiger partial charge in [0, 0.05) is 18.1 Å². The van der Waals surface area contributed by atoms with Crippen LogP contribution in [0.5, 0.6) is 0 Å². The molecule has 0 spiro atoms. The summed E-state index contributed by atoms with van der Waals surface area (Å²) in [6, 6.07) is 6.00. The van der Waals surface area contributed by atoms with E-state index in [-0.39, 0.29) is 10.7 Å². The van der Waals surface area contributed by atoms with Gasteiger partial charge in [-0.2, -0.15) is 0 Å². The Morgan fingerprint density at radius 3 is 2.76 bits per heavy atom. The van der Waals surface area contributed by atoms with Gasteiger partial charge in [-0.05, 0) is 36.5 Å². The number of nitrogens with one attached hydrogen (secondary N) is 1. The van der Waals surface area contributed by atoms with Gasteiger partial charge in [-0.25, -0.2) is 14.1 Å². The van der Waals surface area contributed by atoms with Gasteiger partial charge in [-0.1, -0.05) is 0 Å². The number of hydrogen-bond donors (Lipinski definition) is 1. The predicted octanol–water partition coefficient (Wildman–Crippen LogP) is 2.87. The van der Waals surface area contributed by atoms with E-state index in [1.807, 2.05) is 0 Å². The van der Waals surface area contributed by atoms with E-state index < -0.39 is 0 Å². The Hall–Kier alpha value is -2.61. The number of rotatable bonds is 4. The molecule has 0 aliphatic heterocycles. The van der Waals surface area contributed by atoms with E-state index in [1.165, 1.54) is 16.8 Å². The lowest BCUT2D eigenvalue weighted by Crippen LogP contribution is -2.09. The number of halogens is 1. The standard InChI is InChI=1S/C13H10FN5OS/c14-9-1-3-10(4-2-9)17-8-19-13(21)20-12(18-19)11-7-15-5-6-16-11/h1-7,17H,8H2. The summed E-state index contributed by atoms with van der Waals surface area (Å²) in [4.78, 5) is 8.25. The second-order valence-electron chi connectivity index (χ2n) is 4.11. The number of benzene rings is 1. The lowest BCUT2D eigenvalue weighted by atomic mass is 10.3. The summed E-state index contributed by atoms with van der Waals surface area (Å²) in [5.74, 6) is 0.0116. The van der Waals surface area contributed by atoms with E-state index in [0.717, 1.165) is 5.69 Å². The van der Waals surface area contributed by atoms with Gasteiger partial charge >= 0.3 is 0 Å². The second kappa shape index (κ2) is 5.80. The van der Waals surface area contributed by atoms with Crippen LogP contribution in [0, 0.1) is 10.7 Å². The lowest BCUT2D eigenvalue weighted by molar-refractivity contribution is 0.521. The minimum Gasteiger partial charge on any atom is -0.407 e. The summed E-state index contributed by atoms with van der Waals surface area (Å²) in [7, 11) is 0. The first-order chi connectivity index (χ1) is 10.2. The van der Waals surface area contributed by atoms with E-state index in [0.29, 0.717) is 18.3 Å². The van der Waals surface area contributed by atoms with Crippen LogP contribution in [0.2, 0.25) is 0 Å². The Balaban J connectivity index is 1.76. The zero-order chi connectivity index (χ0) is 14.7. The normalized spacial score (nSPS) is 10.5. The Bertz CT molecular complexity index is 784. The van der Waals surface area contributed by atoms with Gasteiger partial charge in [-0.15, -0.1) is 5.10 Å². The topological polar surface area (TPSA) is 68.8 Å². The number of aromatic nitrogens is 4. The van der Waals surface area contributed by atoms with Crippen LogP contribution >= 0.6 is 12.2 Å². The molecule has 2 heterocycles. The Labute approximate surface area is 124 Å². The van der Waals surface area contributed by atoms with E-state index in [2.05, 4.69) is 20.4 Å². The zero-order valence-electron chi connectivity index (χ0n) is 10.7. The van der Waals surface area contributed by atoms with Gasteiger partial charge in [0.05, 0.1) is 6.20 Å². The van der Waals surface area contributed by atoms with Gasteiger partial charge in [0.2, 0.25) is 0 Å². The quantitative estimate of drug-likeness (QED) is 0.747. The molecule has 0 unspecified atom stereocenters. The first-order valence-corrected chi connectivity index (χ1v) is 6.47. The highest BCUT2D eigenvalue weighted by atomic mass is 32.1. The highest BCUT2D eigenvalue weighted by molar-refractivity contribution is 7.71. The first kappa shape index (κ1) is 13.4. The molecule has 106 valence electrons. The first-order valence-electron chi connectivity index (χ1n) is 6.06. The number of hydrogen-bond acceptors (Lipinski definition) is 6. The van der Waals surface area contributed by atoms with Crippen molar-refractivity contribution in [2.75, 3.05) is 5.32 Å². The van der Waals surface area contributed by atoms with Crippen LogP contribution < -0.4 is 5.32 Å². The molecule has 0 bridgehead atoms. The fourth-order valence-corrected chi connectivity index (χ4v) is 1.84. The van der Waals surface area contributed by atoms with Crippen LogP contribution in [-0.4, -0.2) is 19.7 Å². The summed E-state index contributed by atoms with van der Waals surface area (Å²) in [5.41, 5.74) is 1.26. The van der Waals surface area contributed by atoms with Crippen molar-refractivity contribution in [3.63, 3.8) is 0 Å². The minimum atomic E-state index is -0.288. The lowest BCUT2D eigenvalue weighted by Gasteiger charge is -2.04. The molecule has 8 heteroatoms.